The Morgan fingerprint density at radius 2 is 1.73 bits per heavy atom. The first kappa shape index (κ1) is 16.7. The maximum absolute atomic E-state index is 12.1. The van der Waals surface area contributed by atoms with Gasteiger partial charge in [0.1, 0.15) is 0 Å². The first-order valence-electron chi connectivity index (χ1n) is 7.06. The standard InChI is InChI=1S/C18H19IN2O/c1-18(2,3)15-10-8-13(9-11-15)17(22)21-20-12-14-6-4-5-7-16(14)19/h4-12H,1-3H3,(H,21,22). The molecule has 0 aliphatic carbocycles. The highest BCUT2D eigenvalue weighted by molar-refractivity contribution is 14.1. The van der Waals surface area contributed by atoms with Crippen LogP contribution in [0, 0.1) is 3.57 Å². The van der Waals surface area contributed by atoms with Crippen molar-refractivity contribution in [2.45, 2.75) is 26.2 Å². The molecule has 0 atom stereocenters. The summed E-state index contributed by atoms with van der Waals surface area (Å²) in [6, 6.07) is 15.5. The lowest BCUT2D eigenvalue weighted by molar-refractivity contribution is 0.0955. The van der Waals surface area contributed by atoms with E-state index in [1.807, 2.05) is 48.5 Å². The van der Waals surface area contributed by atoms with Gasteiger partial charge in [0.05, 0.1) is 6.21 Å². The molecule has 114 valence electrons. The Bertz CT molecular complexity index is 685. The zero-order chi connectivity index (χ0) is 16.2. The molecule has 22 heavy (non-hydrogen) atoms. The Morgan fingerprint density at radius 1 is 1.09 bits per heavy atom. The van der Waals surface area contributed by atoms with Crippen LogP contribution in [0.25, 0.3) is 0 Å². The number of benzene rings is 2. The van der Waals surface area contributed by atoms with Crippen molar-refractivity contribution in [3.63, 3.8) is 0 Å². The highest BCUT2D eigenvalue weighted by Gasteiger charge is 2.14. The van der Waals surface area contributed by atoms with E-state index in [0.717, 1.165) is 9.13 Å². The van der Waals surface area contributed by atoms with Crippen LogP contribution >= 0.6 is 22.6 Å². The van der Waals surface area contributed by atoms with Gasteiger partial charge in [0.2, 0.25) is 0 Å². The quantitative estimate of drug-likeness (QED) is 0.460. The van der Waals surface area contributed by atoms with Crippen molar-refractivity contribution in [2.75, 3.05) is 0 Å². The van der Waals surface area contributed by atoms with E-state index in [0.29, 0.717) is 5.56 Å². The molecule has 0 saturated heterocycles. The fourth-order valence-corrected chi connectivity index (χ4v) is 2.45. The molecule has 0 aliphatic heterocycles. The second-order valence-electron chi connectivity index (χ2n) is 6.05. The van der Waals surface area contributed by atoms with Gasteiger partial charge in [0.25, 0.3) is 5.91 Å². The molecule has 0 unspecified atom stereocenters. The van der Waals surface area contributed by atoms with Gasteiger partial charge in [0.15, 0.2) is 0 Å². The van der Waals surface area contributed by atoms with Crippen LogP contribution in [0.1, 0.15) is 42.3 Å². The summed E-state index contributed by atoms with van der Waals surface area (Å²) in [5.41, 5.74) is 5.42. The van der Waals surface area contributed by atoms with Gasteiger partial charge in [-0.2, -0.15) is 5.10 Å². The summed E-state index contributed by atoms with van der Waals surface area (Å²) in [6.07, 6.45) is 1.66. The Balaban J connectivity index is 2.02. The monoisotopic (exact) mass is 406 g/mol. The number of rotatable bonds is 3. The summed E-state index contributed by atoms with van der Waals surface area (Å²) in [5, 5.41) is 4.02. The van der Waals surface area contributed by atoms with Crippen molar-refractivity contribution in [2.24, 2.45) is 5.10 Å². The van der Waals surface area contributed by atoms with E-state index < -0.39 is 0 Å². The van der Waals surface area contributed by atoms with Crippen molar-refractivity contribution in [3.05, 3.63) is 68.8 Å². The van der Waals surface area contributed by atoms with Crippen LogP contribution in [0.15, 0.2) is 53.6 Å². The number of carbonyl (C=O) groups is 1. The zero-order valence-electron chi connectivity index (χ0n) is 12.9. The van der Waals surface area contributed by atoms with E-state index in [2.05, 4.69) is 53.9 Å². The summed E-state index contributed by atoms with van der Waals surface area (Å²) in [5.74, 6) is -0.206. The third-order valence-electron chi connectivity index (χ3n) is 3.29. The first-order valence-corrected chi connectivity index (χ1v) is 8.14. The normalized spacial score (nSPS) is 11.6. The van der Waals surface area contributed by atoms with Crippen LogP contribution in [0.2, 0.25) is 0 Å². The average Bonchev–Trinajstić information content (AvgIpc) is 2.48. The van der Waals surface area contributed by atoms with Gasteiger partial charge in [-0.15, -0.1) is 0 Å². The predicted octanol–water partition coefficient (Wildman–Crippen LogP) is 4.35. The van der Waals surface area contributed by atoms with Gasteiger partial charge in [-0.05, 0) is 51.8 Å². The molecular formula is C18H19IN2O. The number of hydrazone groups is 1. The van der Waals surface area contributed by atoms with E-state index in [9.17, 15) is 4.79 Å². The molecule has 0 aromatic heterocycles. The number of amides is 1. The van der Waals surface area contributed by atoms with Crippen molar-refractivity contribution < 1.29 is 4.79 Å². The second-order valence-corrected chi connectivity index (χ2v) is 7.21. The molecule has 0 saturated carbocycles. The van der Waals surface area contributed by atoms with Crippen molar-refractivity contribution in [1.82, 2.24) is 5.43 Å². The third kappa shape index (κ3) is 4.40. The number of nitrogens with zero attached hydrogens (tertiary/aromatic N) is 1. The van der Waals surface area contributed by atoms with Crippen molar-refractivity contribution >= 4 is 34.7 Å². The van der Waals surface area contributed by atoms with Gasteiger partial charge in [-0.3, -0.25) is 4.79 Å². The van der Waals surface area contributed by atoms with Gasteiger partial charge in [-0.25, -0.2) is 5.43 Å². The number of halogens is 1. The number of nitrogens with one attached hydrogen (secondary N) is 1. The van der Waals surface area contributed by atoms with Crippen molar-refractivity contribution in [1.29, 1.82) is 0 Å². The molecule has 2 aromatic carbocycles. The molecule has 0 bridgehead atoms. The van der Waals surface area contributed by atoms with E-state index in [4.69, 9.17) is 0 Å². The molecule has 3 nitrogen and oxygen atoms in total. The van der Waals surface area contributed by atoms with Crippen LogP contribution < -0.4 is 5.43 Å². The molecule has 1 N–H and O–H groups in total. The van der Waals surface area contributed by atoms with Crippen LogP contribution in [0.4, 0.5) is 0 Å². The second kappa shape index (κ2) is 7.05. The lowest BCUT2D eigenvalue weighted by Gasteiger charge is -2.18. The van der Waals surface area contributed by atoms with Gasteiger partial charge < -0.3 is 0 Å². The zero-order valence-corrected chi connectivity index (χ0v) is 15.1. The summed E-state index contributed by atoms with van der Waals surface area (Å²) >= 11 is 2.24. The van der Waals surface area contributed by atoms with Crippen LogP contribution in [-0.2, 0) is 5.41 Å². The van der Waals surface area contributed by atoms with Crippen LogP contribution in [-0.4, -0.2) is 12.1 Å². The number of carbonyl (C=O) groups excluding carboxylic acids is 1. The molecule has 2 rings (SSSR count). The minimum absolute atomic E-state index is 0.0805. The van der Waals surface area contributed by atoms with E-state index in [1.165, 1.54) is 5.56 Å². The Morgan fingerprint density at radius 3 is 2.32 bits per heavy atom. The Kier molecular flexibility index (Phi) is 5.34. The molecular weight excluding hydrogens is 387 g/mol. The SMILES string of the molecule is CC(C)(C)c1ccc(C(=O)NN=Cc2ccccc2I)cc1. The van der Waals surface area contributed by atoms with Gasteiger partial charge in [0, 0.05) is 14.7 Å². The number of hydrogen-bond donors (Lipinski definition) is 1. The lowest BCUT2D eigenvalue weighted by atomic mass is 9.87. The third-order valence-corrected chi connectivity index (χ3v) is 4.27. The van der Waals surface area contributed by atoms with Gasteiger partial charge >= 0.3 is 0 Å². The minimum atomic E-state index is -0.206. The first-order chi connectivity index (χ1) is 10.4. The Labute approximate surface area is 145 Å². The lowest BCUT2D eigenvalue weighted by Crippen LogP contribution is -2.18. The van der Waals surface area contributed by atoms with Gasteiger partial charge in [-0.1, -0.05) is 51.1 Å². The summed E-state index contributed by atoms with van der Waals surface area (Å²) in [4.78, 5) is 12.1. The van der Waals surface area contributed by atoms with Crippen LogP contribution in [0.5, 0.6) is 0 Å². The van der Waals surface area contributed by atoms with Crippen molar-refractivity contribution in [3.8, 4) is 0 Å². The summed E-state index contributed by atoms with van der Waals surface area (Å²) in [7, 11) is 0. The maximum atomic E-state index is 12.1. The molecule has 0 aliphatic rings. The molecule has 0 spiro atoms. The maximum Gasteiger partial charge on any atom is 0.271 e. The Hall–Kier alpha value is -1.69. The molecule has 2 aromatic rings. The predicted molar refractivity (Wildman–Crippen MR) is 99.4 cm³/mol. The number of hydrogen-bond acceptors (Lipinski definition) is 2. The van der Waals surface area contributed by atoms with E-state index >= 15 is 0 Å². The topological polar surface area (TPSA) is 41.5 Å². The molecule has 1 amide bonds. The molecule has 0 heterocycles. The minimum Gasteiger partial charge on any atom is -0.267 e. The fraction of sp³-hybridized carbons (Fsp3) is 0.222. The summed E-state index contributed by atoms with van der Waals surface area (Å²) < 4.78 is 1.09. The highest BCUT2D eigenvalue weighted by Crippen LogP contribution is 2.22. The fourth-order valence-electron chi connectivity index (χ4n) is 1.93. The smallest absolute Gasteiger partial charge is 0.267 e. The van der Waals surface area contributed by atoms with Crippen LogP contribution in [0.3, 0.4) is 0 Å². The molecule has 4 heteroatoms. The molecule has 0 fully saturated rings. The highest BCUT2D eigenvalue weighted by atomic mass is 127. The largest absolute Gasteiger partial charge is 0.271 e. The summed E-state index contributed by atoms with van der Waals surface area (Å²) in [6.45, 7) is 6.44. The molecule has 0 radical (unpaired) electrons. The van der Waals surface area contributed by atoms with E-state index in [-0.39, 0.29) is 11.3 Å². The van der Waals surface area contributed by atoms with E-state index in [1.54, 1.807) is 6.21 Å². The average molecular weight is 406 g/mol.